The molecule has 4 nitrogen and oxygen atoms in total. The molecular weight excluding hydrogens is 343 g/mol. The van der Waals surface area contributed by atoms with Crippen molar-refractivity contribution in [1.82, 2.24) is 10.3 Å². The van der Waals surface area contributed by atoms with Gasteiger partial charge in [-0.15, -0.1) is 0 Å². The molecule has 0 saturated heterocycles. The van der Waals surface area contributed by atoms with E-state index < -0.39 is 0 Å². The number of benzene rings is 2. The summed E-state index contributed by atoms with van der Waals surface area (Å²) in [6, 6.07) is 14.3. The third-order valence-electron chi connectivity index (χ3n) is 4.38. The van der Waals surface area contributed by atoms with Gasteiger partial charge in [-0.1, -0.05) is 50.2 Å². The maximum absolute atomic E-state index is 12.9. The Kier molecular flexibility index (Phi) is 6.01. The van der Waals surface area contributed by atoms with Crippen LogP contribution in [-0.4, -0.2) is 10.9 Å². The summed E-state index contributed by atoms with van der Waals surface area (Å²) in [6.07, 6.45) is 2.41. The molecule has 2 aromatic carbocycles. The van der Waals surface area contributed by atoms with E-state index in [9.17, 15) is 9.18 Å². The molecule has 0 aliphatic heterocycles. The number of amides is 1. The van der Waals surface area contributed by atoms with Crippen LogP contribution < -0.4 is 5.32 Å². The van der Waals surface area contributed by atoms with Crippen LogP contribution in [0.1, 0.15) is 43.2 Å². The van der Waals surface area contributed by atoms with Crippen LogP contribution in [0.25, 0.3) is 11.3 Å². The number of rotatable bonds is 7. The topological polar surface area (TPSA) is 55.1 Å². The van der Waals surface area contributed by atoms with Gasteiger partial charge in [-0.25, -0.2) is 9.37 Å². The van der Waals surface area contributed by atoms with Crippen LogP contribution in [0, 0.1) is 5.82 Å². The number of nitrogens with zero attached hydrogens (tertiary/aromatic N) is 1. The number of nitrogens with one attached hydrogen (secondary N) is 1. The second-order valence-electron chi connectivity index (χ2n) is 6.80. The van der Waals surface area contributed by atoms with Gasteiger partial charge in [-0.05, 0) is 29.2 Å². The average molecular weight is 366 g/mol. The first kappa shape index (κ1) is 18.8. The summed E-state index contributed by atoms with van der Waals surface area (Å²) in [6.45, 7) is 4.68. The minimum Gasteiger partial charge on any atom is -0.441 e. The van der Waals surface area contributed by atoms with Gasteiger partial charge in [0.1, 0.15) is 5.82 Å². The van der Waals surface area contributed by atoms with Gasteiger partial charge in [0.05, 0.1) is 6.20 Å². The van der Waals surface area contributed by atoms with Gasteiger partial charge in [-0.3, -0.25) is 4.79 Å². The van der Waals surface area contributed by atoms with Gasteiger partial charge >= 0.3 is 0 Å². The lowest BCUT2D eigenvalue weighted by Gasteiger charge is -2.05. The fourth-order valence-electron chi connectivity index (χ4n) is 2.70. The molecule has 1 aromatic heterocycles. The van der Waals surface area contributed by atoms with E-state index in [0.717, 1.165) is 11.1 Å². The molecule has 1 heterocycles. The van der Waals surface area contributed by atoms with Crippen molar-refractivity contribution in [1.29, 1.82) is 0 Å². The van der Waals surface area contributed by atoms with Crippen molar-refractivity contribution in [3.8, 4) is 11.3 Å². The summed E-state index contributed by atoms with van der Waals surface area (Å²) in [7, 11) is 0. The molecule has 0 saturated carbocycles. The molecule has 0 radical (unpaired) electrons. The summed E-state index contributed by atoms with van der Waals surface area (Å²) in [4.78, 5) is 16.2. The highest BCUT2D eigenvalue weighted by atomic mass is 19.1. The number of halogens is 1. The molecule has 3 rings (SSSR count). The number of aryl methyl sites for hydroxylation is 1. The SMILES string of the molecule is CC(C)c1ccc(-c2cnc(CCC(=O)NCc3ccc(F)cc3)o2)cc1. The summed E-state index contributed by atoms with van der Waals surface area (Å²) in [5.41, 5.74) is 3.10. The zero-order valence-electron chi connectivity index (χ0n) is 15.5. The number of carbonyl (C=O) groups excluding carboxylic acids is 1. The molecule has 0 aliphatic carbocycles. The molecule has 1 N–H and O–H groups in total. The van der Waals surface area contributed by atoms with Crippen LogP contribution >= 0.6 is 0 Å². The van der Waals surface area contributed by atoms with Crippen LogP contribution in [0.4, 0.5) is 4.39 Å². The van der Waals surface area contributed by atoms with Crippen molar-refractivity contribution in [2.45, 2.75) is 39.2 Å². The normalized spacial score (nSPS) is 11.0. The van der Waals surface area contributed by atoms with Crippen molar-refractivity contribution in [2.24, 2.45) is 0 Å². The highest BCUT2D eigenvalue weighted by Gasteiger charge is 2.09. The van der Waals surface area contributed by atoms with Crippen LogP contribution in [0.3, 0.4) is 0 Å². The number of hydrogen-bond acceptors (Lipinski definition) is 3. The first-order valence-corrected chi connectivity index (χ1v) is 9.07. The van der Waals surface area contributed by atoms with Crippen molar-refractivity contribution in [3.63, 3.8) is 0 Å². The van der Waals surface area contributed by atoms with Gasteiger partial charge < -0.3 is 9.73 Å². The first-order chi connectivity index (χ1) is 13.0. The average Bonchev–Trinajstić information content (AvgIpc) is 3.15. The van der Waals surface area contributed by atoms with Crippen LogP contribution in [0.2, 0.25) is 0 Å². The molecule has 1 amide bonds. The van der Waals surface area contributed by atoms with Crippen LogP contribution in [0.5, 0.6) is 0 Å². The largest absolute Gasteiger partial charge is 0.441 e. The van der Waals surface area contributed by atoms with E-state index in [1.165, 1.54) is 17.7 Å². The van der Waals surface area contributed by atoms with E-state index in [1.807, 2.05) is 12.1 Å². The molecular formula is C22H23FN2O2. The molecule has 5 heteroatoms. The van der Waals surface area contributed by atoms with E-state index in [0.29, 0.717) is 30.5 Å². The zero-order chi connectivity index (χ0) is 19.2. The lowest BCUT2D eigenvalue weighted by atomic mass is 10.0. The molecule has 0 bridgehead atoms. The smallest absolute Gasteiger partial charge is 0.220 e. The van der Waals surface area contributed by atoms with Crippen molar-refractivity contribution in [3.05, 3.63) is 77.6 Å². The number of carbonyl (C=O) groups is 1. The zero-order valence-corrected chi connectivity index (χ0v) is 15.5. The predicted octanol–water partition coefficient (Wildman–Crippen LogP) is 4.85. The lowest BCUT2D eigenvalue weighted by Crippen LogP contribution is -2.23. The standard InChI is InChI=1S/C22H23FN2O2/c1-15(2)17-5-7-18(8-6-17)20-14-25-22(27-20)12-11-21(26)24-13-16-3-9-19(23)10-4-16/h3-10,14-15H,11-13H2,1-2H3,(H,24,26). The van der Waals surface area contributed by atoms with Gasteiger partial charge in [0.15, 0.2) is 11.7 Å². The summed E-state index contributed by atoms with van der Waals surface area (Å²) >= 11 is 0. The van der Waals surface area contributed by atoms with E-state index in [2.05, 4.69) is 36.3 Å². The lowest BCUT2D eigenvalue weighted by molar-refractivity contribution is -0.121. The predicted molar refractivity (Wildman–Crippen MR) is 103 cm³/mol. The monoisotopic (exact) mass is 366 g/mol. The van der Waals surface area contributed by atoms with E-state index >= 15 is 0 Å². The maximum atomic E-state index is 12.9. The molecule has 0 atom stereocenters. The van der Waals surface area contributed by atoms with E-state index in [-0.39, 0.29) is 18.1 Å². The fraction of sp³-hybridized carbons (Fsp3) is 0.273. The quantitative estimate of drug-likeness (QED) is 0.650. The fourth-order valence-corrected chi connectivity index (χ4v) is 2.70. The molecule has 140 valence electrons. The third-order valence-corrected chi connectivity index (χ3v) is 4.38. The Morgan fingerprint density at radius 2 is 1.81 bits per heavy atom. The maximum Gasteiger partial charge on any atom is 0.220 e. The summed E-state index contributed by atoms with van der Waals surface area (Å²) in [5.74, 6) is 1.34. The molecule has 0 unspecified atom stereocenters. The van der Waals surface area contributed by atoms with Gasteiger partial charge in [0.25, 0.3) is 0 Å². The first-order valence-electron chi connectivity index (χ1n) is 9.07. The minimum atomic E-state index is -0.288. The second kappa shape index (κ2) is 8.62. The van der Waals surface area contributed by atoms with Crippen LogP contribution in [-0.2, 0) is 17.8 Å². The summed E-state index contributed by atoms with van der Waals surface area (Å²) in [5, 5.41) is 2.81. The molecule has 27 heavy (non-hydrogen) atoms. The molecule has 3 aromatic rings. The number of aromatic nitrogens is 1. The van der Waals surface area contributed by atoms with Gasteiger partial charge in [-0.2, -0.15) is 0 Å². The molecule has 0 fully saturated rings. The second-order valence-corrected chi connectivity index (χ2v) is 6.80. The summed E-state index contributed by atoms with van der Waals surface area (Å²) < 4.78 is 18.6. The molecule has 0 aliphatic rings. The molecule has 0 spiro atoms. The van der Waals surface area contributed by atoms with Gasteiger partial charge in [0.2, 0.25) is 5.91 Å². The Morgan fingerprint density at radius 3 is 2.48 bits per heavy atom. The Morgan fingerprint density at radius 1 is 1.11 bits per heavy atom. The number of oxazole rings is 1. The van der Waals surface area contributed by atoms with Crippen molar-refractivity contribution >= 4 is 5.91 Å². The highest BCUT2D eigenvalue weighted by Crippen LogP contribution is 2.23. The Labute approximate surface area is 158 Å². The van der Waals surface area contributed by atoms with Crippen molar-refractivity contribution in [2.75, 3.05) is 0 Å². The Hall–Kier alpha value is -2.95. The third kappa shape index (κ3) is 5.26. The minimum absolute atomic E-state index is 0.0969. The van der Waals surface area contributed by atoms with Crippen molar-refractivity contribution < 1.29 is 13.6 Å². The Balaban J connectivity index is 1.50. The Bertz CT molecular complexity index is 883. The van der Waals surface area contributed by atoms with E-state index in [4.69, 9.17) is 4.42 Å². The van der Waals surface area contributed by atoms with Gasteiger partial charge in [0, 0.05) is 24.9 Å². The van der Waals surface area contributed by atoms with E-state index in [1.54, 1.807) is 18.3 Å². The number of hydrogen-bond donors (Lipinski definition) is 1. The van der Waals surface area contributed by atoms with Crippen LogP contribution in [0.15, 0.2) is 59.1 Å². The highest BCUT2D eigenvalue weighted by molar-refractivity contribution is 5.76.